The molecule has 0 atom stereocenters. The van der Waals surface area contributed by atoms with E-state index in [1.54, 1.807) is 6.20 Å². The second kappa shape index (κ2) is 10.4. The minimum atomic E-state index is 0.638. The van der Waals surface area contributed by atoms with Gasteiger partial charge in [-0.2, -0.15) is 0 Å². The zero-order valence-electron chi connectivity index (χ0n) is 8.02. The molecule has 2 nitrogen and oxygen atoms in total. The van der Waals surface area contributed by atoms with Crippen molar-refractivity contribution in [1.82, 2.24) is 5.32 Å². The molecular weight excluding hydrogens is 218 g/mol. The summed E-state index contributed by atoms with van der Waals surface area (Å²) < 4.78 is 0.988. The lowest BCUT2D eigenvalue weighted by Gasteiger charge is -1.95. The lowest BCUT2D eigenvalue weighted by atomic mass is 10.3. The molecule has 0 aliphatic carbocycles. The van der Waals surface area contributed by atoms with Gasteiger partial charge in [0.25, 0.3) is 0 Å². The van der Waals surface area contributed by atoms with Gasteiger partial charge in [-0.15, -0.1) is 0 Å². The normalized spacial score (nSPS) is 11.4. The van der Waals surface area contributed by atoms with E-state index in [9.17, 15) is 4.79 Å². The van der Waals surface area contributed by atoms with Gasteiger partial charge in [-0.1, -0.05) is 35.9 Å². The molecule has 0 heterocycles. The third-order valence-corrected chi connectivity index (χ3v) is 2.08. The van der Waals surface area contributed by atoms with Crippen LogP contribution in [0.2, 0.25) is 0 Å². The van der Waals surface area contributed by atoms with Gasteiger partial charge >= 0.3 is 0 Å². The molecule has 0 bridgehead atoms. The Kier molecular flexibility index (Phi) is 12.2. The average Bonchev–Trinajstić information content (AvgIpc) is 2.16. The Bertz CT molecular complexity index is 173. The van der Waals surface area contributed by atoms with Crippen LogP contribution in [0.1, 0.15) is 27.7 Å². The van der Waals surface area contributed by atoms with Crippen LogP contribution in [-0.4, -0.2) is 6.41 Å². The monoisotopic (exact) mass is 233 g/mol. The van der Waals surface area contributed by atoms with Crippen molar-refractivity contribution in [1.29, 1.82) is 0 Å². The third-order valence-electron chi connectivity index (χ3n) is 0.998. The van der Waals surface area contributed by atoms with Gasteiger partial charge < -0.3 is 5.32 Å². The molecule has 0 spiro atoms. The van der Waals surface area contributed by atoms with Crippen molar-refractivity contribution in [3.05, 3.63) is 22.3 Å². The first-order chi connectivity index (χ1) is 5.72. The Morgan fingerprint density at radius 1 is 1.42 bits per heavy atom. The summed E-state index contributed by atoms with van der Waals surface area (Å²) in [7, 11) is 0. The Balaban J connectivity index is 0. The van der Waals surface area contributed by atoms with Crippen LogP contribution < -0.4 is 5.32 Å². The fourth-order valence-corrected chi connectivity index (χ4v) is 0.570. The molecule has 3 heteroatoms. The van der Waals surface area contributed by atoms with Crippen molar-refractivity contribution in [2.75, 3.05) is 0 Å². The molecule has 0 aromatic carbocycles. The summed E-state index contributed by atoms with van der Waals surface area (Å²) >= 11 is 3.31. The number of hydrogen-bond donors (Lipinski definition) is 1. The SMILES string of the molecule is C/C=C(Br)\C(C)=C/NC=O.CC. The van der Waals surface area contributed by atoms with Crippen molar-refractivity contribution >= 4 is 22.3 Å². The largest absolute Gasteiger partial charge is 0.335 e. The molecule has 0 aromatic rings. The maximum absolute atomic E-state index is 9.83. The van der Waals surface area contributed by atoms with Crippen LogP contribution in [0.3, 0.4) is 0 Å². The van der Waals surface area contributed by atoms with E-state index in [1.807, 2.05) is 33.8 Å². The lowest BCUT2D eigenvalue weighted by Crippen LogP contribution is -2.00. The van der Waals surface area contributed by atoms with Crippen LogP contribution >= 0.6 is 15.9 Å². The minimum Gasteiger partial charge on any atom is -0.335 e. The summed E-state index contributed by atoms with van der Waals surface area (Å²) in [5, 5.41) is 2.45. The maximum Gasteiger partial charge on any atom is 0.211 e. The van der Waals surface area contributed by atoms with Crippen molar-refractivity contribution in [2.24, 2.45) is 0 Å². The van der Waals surface area contributed by atoms with Crippen molar-refractivity contribution < 1.29 is 4.79 Å². The molecule has 1 N–H and O–H groups in total. The van der Waals surface area contributed by atoms with Gasteiger partial charge in [0, 0.05) is 10.7 Å². The second-order valence-corrected chi connectivity index (χ2v) is 2.60. The van der Waals surface area contributed by atoms with E-state index >= 15 is 0 Å². The molecule has 0 aliphatic heterocycles. The Labute approximate surface area is 82.9 Å². The standard InChI is InChI=1S/C7H10BrNO.C2H6/c1-3-7(8)6(2)4-9-5-10;1-2/h3-5H,1-2H3,(H,9,10);1-2H3/b6-4-,7-3+;. The van der Waals surface area contributed by atoms with Crippen LogP contribution in [-0.2, 0) is 4.79 Å². The molecule has 0 unspecified atom stereocenters. The highest BCUT2D eigenvalue weighted by atomic mass is 79.9. The highest BCUT2D eigenvalue weighted by Crippen LogP contribution is 2.14. The van der Waals surface area contributed by atoms with Crippen molar-refractivity contribution in [3.8, 4) is 0 Å². The number of carbonyl (C=O) groups is 1. The number of hydrogen-bond acceptors (Lipinski definition) is 1. The molecule has 1 amide bonds. The number of allylic oxidation sites excluding steroid dienone is 3. The first-order valence-corrected chi connectivity index (χ1v) is 4.70. The second-order valence-electron chi connectivity index (χ2n) is 1.75. The van der Waals surface area contributed by atoms with Crippen molar-refractivity contribution in [3.63, 3.8) is 0 Å². The number of nitrogens with one attached hydrogen (secondary N) is 1. The van der Waals surface area contributed by atoms with E-state index in [-0.39, 0.29) is 0 Å². The van der Waals surface area contributed by atoms with Gasteiger partial charge in [-0.05, 0) is 19.4 Å². The highest BCUT2D eigenvalue weighted by Gasteiger charge is 1.90. The predicted octanol–water partition coefficient (Wildman–Crippen LogP) is 2.96. The van der Waals surface area contributed by atoms with Gasteiger partial charge in [0.2, 0.25) is 6.41 Å². The summed E-state index contributed by atoms with van der Waals surface area (Å²) in [5.41, 5.74) is 0.995. The molecule has 0 fully saturated rings. The molecule has 0 radical (unpaired) electrons. The molecule has 70 valence electrons. The van der Waals surface area contributed by atoms with Crippen LogP contribution in [0.25, 0.3) is 0 Å². The van der Waals surface area contributed by atoms with E-state index in [4.69, 9.17) is 0 Å². The summed E-state index contributed by atoms with van der Waals surface area (Å²) in [4.78, 5) is 9.83. The van der Waals surface area contributed by atoms with E-state index in [2.05, 4.69) is 21.2 Å². The van der Waals surface area contributed by atoms with Gasteiger partial charge in [0.05, 0.1) is 0 Å². The molecule has 0 aliphatic rings. The van der Waals surface area contributed by atoms with Crippen LogP contribution in [0.15, 0.2) is 22.3 Å². The fourth-order valence-electron chi connectivity index (χ4n) is 0.456. The number of rotatable bonds is 3. The fraction of sp³-hybridized carbons (Fsp3) is 0.444. The topological polar surface area (TPSA) is 29.1 Å². The number of amides is 1. The number of halogens is 1. The zero-order valence-corrected chi connectivity index (χ0v) is 9.60. The van der Waals surface area contributed by atoms with E-state index in [0.29, 0.717) is 6.41 Å². The first-order valence-electron chi connectivity index (χ1n) is 3.91. The van der Waals surface area contributed by atoms with Crippen LogP contribution in [0.4, 0.5) is 0 Å². The smallest absolute Gasteiger partial charge is 0.211 e. The van der Waals surface area contributed by atoms with Crippen molar-refractivity contribution in [2.45, 2.75) is 27.7 Å². The molecule has 12 heavy (non-hydrogen) atoms. The van der Waals surface area contributed by atoms with Crippen LogP contribution in [0, 0.1) is 0 Å². The zero-order chi connectivity index (χ0) is 9.98. The quantitative estimate of drug-likeness (QED) is 0.590. The number of carbonyl (C=O) groups excluding carboxylic acids is 1. The highest BCUT2D eigenvalue weighted by molar-refractivity contribution is 9.11. The third kappa shape index (κ3) is 7.54. The summed E-state index contributed by atoms with van der Waals surface area (Å²) in [5.74, 6) is 0. The molecule has 0 aromatic heterocycles. The predicted molar refractivity (Wildman–Crippen MR) is 57.0 cm³/mol. The summed E-state index contributed by atoms with van der Waals surface area (Å²) in [6.45, 7) is 7.82. The molecule has 0 saturated heterocycles. The van der Waals surface area contributed by atoms with E-state index < -0.39 is 0 Å². The van der Waals surface area contributed by atoms with Gasteiger partial charge in [-0.3, -0.25) is 4.79 Å². The lowest BCUT2D eigenvalue weighted by molar-refractivity contribution is -0.108. The molecule has 0 rings (SSSR count). The van der Waals surface area contributed by atoms with E-state index in [0.717, 1.165) is 10.1 Å². The summed E-state index contributed by atoms with van der Waals surface area (Å²) in [6, 6.07) is 0. The minimum absolute atomic E-state index is 0.638. The Morgan fingerprint density at radius 2 is 1.92 bits per heavy atom. The molecular formula is C9H16BrNO. The van der Waals surface area contributed by atoms with Gasteiger partial charge in [-0.25, -0.2) is 0 Å². The Morgan fingerprint density at radius 3 is 2.25 bits per heavy atom. The molecule has 0 saturated carbocycles. The van der Waals surface area contributed by atoms with Gasteiger partial charge in [0.1, 0.15) is 0 Å². The average molecular weight is 234 g/mol. The first kappa shape index (κ1) is 14.0. The summed E-state index contributed by atoms with van der Waals surface area (Å²) in [6.07, 6.45) is 4.19. The van der Waals surface area contributed by atoms with Gasteiger partial charge in [0.15, 0.2) is 0 Å². The van der Waals surface area contributed by atoms with E-state index in [1.165, 1.54) is 0 Å². The Hall–Kier alpha value is -0.570. The van der Waals surface area contributed by atoms with Crippen LogP contribution in [0.5, 0.6) is 0 Å². The maximum atomic E-state index is 9.83.